The number of piperidine rings is 1. The molecule has 1 aliphatic heterocycles. The van der Waals surface area contributed by atoms with Gasteiger partial charge in [-0.1, -0.05) is 12.1 Å². The summed E-state index contributed by atoms with van der Waals surface area (Å²) in [6.45, 7) is 0.679. The second-order valence-electron chi connectivity index (χ2n) is 5.17. The summed E-state index contributed by atoms with van der Waals surface area (Å²) in [4.78, 5) is 12.1. The number of benzene rings is 1. The predicted octanol–water partition coefficient (Wildman–Crippen LogP) is 3.01. The lowest BCUT2D eigenvalue weighted by molar-refractivity contribution is -0.274. The van der Waals surface area contributed by atoms with Crippen LogP contribution in [0.25, 0.3) is 0 Å². The predicted molar refractivity (Wildman–Crippen MR) is 70.4 cm³/mol. The zero-order valence-electron chi connectivity index (χ0n) is 11.6. The second kappa shape index (κ2) is 6.43. The Balaban J connectivity index is 1.96. The van der Waals surface area contributed by atoms with Crippen LogP contribution in [0.5, 0.6) is 5.75 Å². The molecular formula is C14H16F3NO4. The highest BCUT2D eigenvalue weighted by Gasteiger charge is 2.31. The van der Waals surface area contributed by atoms with E-state index in [1.807, 2.05) is 0 Å². The molecule has 1 heterocycles. The first kappa shape index (κ1) is 16.4. The number of hydrogen-bond acceptors (Lipinski definition) is 3. The van der Waals surface area contributed by atoms with Crippen molar-refractivity contribution in [2.45, 2.75) is 25.3 Å². The minimum atomic E-state index is -4.75. The van der Waals surface area contributed by atoms with E-state index in [9.17, 15) is 23.1 Å². The van der Waals surface area contributed by atoms with E-state index in [2.05, 4.69) is 4.74 Å². The van der Waals surface area contributed by atoms with Crippen molar-refractivity contribution in [3.63, 3.8) is 0 Å². The molecule has 0 saturated carbocycles. The molecule has 122 valence electrons. The lowest BCUT2D eigenvalue weighted by atomic mass is 9.87. The fourth-order valence-electron chi connectivity index (χ4n) is 2.55. The Morgan fingerprint density at radius 1 is 1.23 bits per heavy atom. The first-order valence-electron chi connectivity index (χ1n) is 6.78. The third-order valence-corrected chi connectivity index (χ3v) is 3.71. The summed E-state index contributed by atoms with van der Waals surface area (Å²) in [6.07, 6.45) is -5.55. The molecule has 22 heavy (non-hydrogen) atoms. The van der Waals surface area contributed by atoms with E-state index in [0.717, 1.165) is 12.1 Å². The third kappa shape index (κ3) is 4.27. The Kier molecular flexibility index (Phi) is 4.80. The van der Waals surface area contributed by atoms with Crippen LogP contribution in [0.1, 0.15) is 24.5 Å². The summed E-state index contributed by atoms with van der Waals surface area (Å²) < 4.78 is 40.0. The van der Waals surface area contributed by atoms with Crippen LogP contribution < -0.4 is 4.74 Å². The van der Waals surface area contributed by atoms with Crippen LogP contribution in [0.4, 0.5) is 18.0 Å². The van der Waals surface area contributed by atoms with Gasteiger partial charge in [0.1, 0.15) is 5.75 Å². The van der Waals surface area contributed by atoms with Crippen molar-refractivity contribution in [2.75, 3.05) is 13.1 Å². The molecule has 0 aromatic heterocycles. The normalized spacial score (nSPS) is 18.1. The number of rotatable bonds is 3. The molecule has 0 radical (unpaired) electrons. The minimum Gasteiger partial charge on any atom is -0.465 e. The number of aliphatic hydroxyl groups is 1. The monoisotopic (exact) mass is 319 g/mol. The quantitative estimate of drug-likeness (QED) is 0.898. The molecule has 1 unspecified atom stereocenters. The van der Waals surface area contributed by atoms with Crippen molar-refractivity contribution in [3.05, 3.63) is 29.8 Å². The Labute approximate surface area is 124 Å². The summed E-state index contributed by atoms with van der Waals surface area (Å²) in [6, 6.07) is 5.07. The fourth-order valence-corrected chi connectivity index (χ4v) is 2.55. The number of halogens is 3. The lowest BCUT2D eigenvalue weighted by Gasteiger charge is -2.32. The van der Waals surface area contributed by atoms with Crippen molar-refractivity contribution in [2.24, 2.45) is 5.92 Å². The second-order valence-corrected chi connectivity index (χ2v) is 5.17. The van der Waals surface area contributed by atoms with Crippen LogP contribution in [-0.2, 0) is 0 Å². The molecule has 5 nitrogen and oxygen atoms in total. The smallest absolute Gasteiger partial charge is 0.465 e. The van der Waals surface area contributed by atoms with Crippen molar-refractivity contribution >= 4 is 6.09 Å². The van der Waals surface area contributed by atoms with Crippen molar-refractivity contribution in [1.29, 1.82) is 0 Å². The van der Waals surface area contributed by atoms with Gasteiger partial charge in [0.15, 0.2) is 0 Å². The number of aliphatic hydroxyl groups excluding tert-OH is 1. The number of carbonyl (C=O) groups is 1. The van der Waals surface area contributed by atoms with Crippen LogP contribution in [0.2, 0.25) is 0 Å². The molecule has 1 saturated heterocycles. The van der Waals surface area contributed by atoms with E-state index in [0.29, 0.717) is 31.5 Å². The van der Waals surface area contributed by atoms with E-state index >= 15 is 0 Å². The van der Waals surface area contributed by atoms with Gasteiger partial charge in [-0.05, 0) is 36.5 Å². The van der Waals surface area contributed by atoms with Crippen LogP contribution in [-0.4, -0.2) is 40.7 Å². The zero-order valence-corrected chi connectivity index (χ0v) is 11.6. The van der Waals surface area contributed by atoms with Gasteiger partial charge in [-0.2, -0.15) is 0 Å². The van der Waals surface area contributed by atoms with Crippen molar-refractivity contribution < 1.29 is 32.9 Å². The molecule has 0 bridgehead atoms. The number of nitrogens with zero attached hydrogens (tertiary/aromatic N) is 1. The first-order valence-corrected chi connectivity index (χ1v) is 6.78. The van der Waals surface area contributed by atoms with Gasteiger partial charge in [0.05, 0.1) is 6.10 Å². The molecule has 0 spiro atoms. The molecule has 1 atom stereocenters. The van der Waals surface area contributed by atoms with Gasteiger partial charge in [-0.15, -0.1) is 13.2 Å². The maximum absolute atomic E-state index is 12.1. The molecule has 1 aromatic carbocycles. The molecule has 8 heteroatoms. The van der Waals surface area contributed by atoms with Crippen LogP contribution >= 0.6 is 0 Å². The minimum absolute atomic E-state index is 0.120. The van der Waals surface area contributed by atoms with Gasteiger partial charge in [-0.3, -0.25) is 0 Å². The van der Waals surface area contributed by atoms with Gasteiger partial charge >= 0.3 is 12.5 Å². The Hall–Kier alpha value is -1.96. The fraction of sp³-hybridized carbons (Fsp3) is 0.500. The van der Waals surface area contributed by atoms with E-state index in [-0.39, 0.29) is 11.7 Å². The zero-order chi connectivity index (χ0) is 16.3. The number of likely N-dealkylation sites (tertiary alicyclic amines) is 1. The molecule has 1 aromatic rings. The van der Waals surface area contributed by atoms with Gasteiger partial charge in [0.25, 0.3) is 0 Å². The maximum atomic E-state index is 12.1. The number of ether oxygens (including phenoxy) is 1. The van der Waals surface area contributed by atoms with Gasteiger partial charge in [0.2, 0.25) is 0 Å². The van der Waals surface area contributed by atoms with Gasteiger partial charge in [0, 0.05) is 13.1 Å². The number of amides is 1. The standard InChI is InChI=1S/C14H16F3NO4/c15-14(16,17)22-11-3-1-9(2-4-11)12(19)10-5-7-18(8-6-10)13(20)21/h1-4,10,12,19H,5-8H2,(H,20,21). The Morgan fingerprint density at radius 2 is 1.77 bits per heavy atom. The highest BCUT2D eigenvalue weighted by atomic mass is 19.4. The van der Waals surface area contributed by atoms with E-state index in [4.69, 9.17) is 5.11 Å². The van der Waals surface area contributed by atoms with Crippen LogP contribution in [0.3, 0.4) is 0 Å². The summed E-state index contributed by atoms with van der Waals surface area (Å²) in [7, 11) is 0. The van der Waals surface area contributed by atoms with Crippen LogP contribution in [0.15, 0.2) is 24.3 Å². The number of hydrogen-bond donors (Lipinski definition) is 2. The first-order chi connectivity index (χ1) is 10.3. The third-order valence-electron chi connectivity index (χ3n) is 3.71. The summed E-state index contributed by atoms with van der Waals surface area (Å²) in [5.74, 6) is -0.464. The maximum Gasteiger partial charge on any atom is 0.573 e. The lowest BCUT2D eigenvalue weighted by Crippen LogP contribution is -2.38. The topological polar surface area (TPSA) is 70.0 Å². The highest BCUT2D eigenvalue weighted by molar-refractivity contribution is 5.65. The Morgan fingerprint density at radius 3 is 2.23 bits per heavy atom. The van der Waals surface area contributed by atoms with Gasteiger partial charge in [-0.25, -0.2) is 4.79 Å². The molecule has 2 N–H and O–H groups in total. The Bertz CT molecular complexity index is 510. The van der Waals surface area contributed by atoms with E-state index in [1.54, 1.807) is 0 Å². The summed E-state index contributed by atoms with van der Waals surface area (Å²) in [5, 5.41) is 19.1. The molecule has 1 fully saturated rings. The molecule has 1 aliphatic rings. The van der Waals surface area contributed by atoms with Crippen molar-refractivity contribution in [3.8, 4) is 5.75 Å². The average molecular weight is 319 g/mol. The van der Waals surface area contributed by atoms with E-state index < -0.39 is 18.6 Å². The van der Waals surface area contributed by atoms with Crippen LogP contribution in [0, 0.1) is 5.92 Å². The number of carboxylic acid groups (broad SMARTS) is 1. The number of alkyl halides is 3. The van der Waals surface area contributed by atoms with E-state index in [1.165, 1.54) is 17.0 Å². The molecule has 2 rings (SSSR count). The largest absolute Gasteiger partial charge is 0.573 e. The van der Waals surface area contributed by atoms with Gasteiger partial charge < -0.3 is 19.8 Å². The highest BCUT2D eigenvalue weighted by Crippen LogP contribution is 2.32. The average Bonchev–Trinajstić information content (AvgIpc) is 2.46. The molecule has 0 aliphatic carbocycles. The SMILES string of the molecule is O=C(O)N1CCC(C(O)c2ccc(OC(F)(F)F)cc2)CC1. The molecular weight excluding hydrogens is 303 g/mol. The molecule has 1 amide bonds. The summed E-state index contributed by atoms with van der Waals surface area (Å²) >= 11 is 0. The summed E-state index contributed by atoms with van der Waals surface area (Å²) in [5.41, 5.74) is 0.489. The van der Waals surface area contributed by atoms with Crippen molar-refractivity contribution in [1.82, 2.24) is 4.90 Å².